The quantitative estimate of drug-likeness (QED) is 0.259. The van der Waals surface area contributed by atoms with Gasteiger partial charge in [0.1, 0.15) is 11.6 Å². The molecule has 2 heterocycles. The minimum absolute atomic E-state index is 0.0914. The summed E-state index contributed by atoms with van der Waals surface area (Å²) >= 11 is 0. The summed E-state index contributed by atoms with van der Waals surface area (Å²) in [7, 11) is 5.91. The van der Waals surface area contributed by atoms with E-state index in [2.05, 4.69) is 23.8 Å². The van der Waals surface area contributed by atoms with Crippen molar-refractivity contribution < 1.29 is 0 Å². The van der Waals surface area contributed by atoms with Crippen molar-refractivity contribution in [2.45, 2.75) is 79.6 Å². The van der Waals surface area contributed by atoms with Crippen molar-refractivity contribution in [3.05, 3.63) is 82.0 Å². The monoisotopic (exact) mass is 543 g/mol. The van der Waals surface area contributed by atoms with E-state index >= 15 is 0 Å². The molecule has 6 nitrogen and oxygen atoms in total. The summed E-state index contributed by atoms with van der Waals surface area (Å²) in [5.41, 5.74) is 3.94. The zero-order valence-electron chi connectivity index (χ0n) is 25.9. The number of aromatic nitrogens is 4. The van der Waals surface area contributed by atoms with Gasteiger partial charge in [0.2, 0.25) is 0 Å². The Morgan fingerprint density at radius 2 is 1.52 bits per heavy atom. The third kappa shape index (κ3) is 7.83. The second-order valence-corrected chi connectivity index (χ2v) is 11.3. The Morgan fingerprint density at radius 1 is 0.900 bits per heavy atom. The van der Waals surface area contributed by atoms with Crippen molar-refractivity contribution in [2.24, 2.45) is 18.9 Å². The second-order valence-electron chi connectivity index (χ2n) is 11.3. The van der Waals surface area contributed by atoms with E-state index in [4.69, 9.17) is 0 Å². The molecule has 0 aliphatic heterocycles. The highest BCUT2D eigenvalue weighted by Gasteiger charge is 2.16. The molecule has 1 fully saturated rings. The first-order chi connectivity index (χ1) is 19.2. The van der Waals surface area contributed by atoms with Crippen LogP contribution in [0.1, 0.15) is 76.4 Å². The van der Waals surface area contributed by atoms with Gasteiger partial charge in [-0.05, 0) is 56.4 Å². The van der Waals surface area contributed by atoms with Crippen molar-refractivity contribution >= 4 is 16.7 Å². The summed E-state index contributed by atoms with van der Waals surface area (Å²) in [5.74, 6) is 3.90. The van der Waals surface area contributed by atoms with Gasteiger partial charge in [0, 0.05) is 37.8 Å². The van der Waals surface area contributed by atoms with Crippen LogP contribution in [0.5, 0.6) is 0 Å². The molecular formula is C34H49N5O. The molecule has 2 aromatic heterocycles. The van der Waals surface area contributed by atoms with Crippen LogP contribution in [0.25, 0.3) is 16.6 Å². The first-order valence-electron chi connectivity index (χ1n) is 14.9. The number of benzene rings is 2. The molecule has 6 heteroatoms. The number of fused-ring (bicyclic) bond motifs is 1. The fourth-order valence-electron chi connectivity index (χ4n) is 5.57. The number of hydrogen-bond acceptors (Lipinski definition) is 4. The van der Waals surface area contributed by atoms with E-state index < -0.39 is 0 Å². The Morgan fingerprint density at radius 3 is 2.10 bits per heavy atom. The average Bonchev–Trinajstić information content (AvgIpc) is 3.17. The number of hydrogen-bond donors (Lipinski definition) is 0. The lowest BCUT2D eigenvalue weighted by Gasteiger charge is -2.25. The van der Waals surface area contributed by atoms with Crippen LogP contribution in [0.4, 0.5) is 5.82 Å². The van der Waals surface area contributed by atoms with Gasteiger partial charge in [-0.3, -0.25) is 9.48 Å². The van der Waals surface area contributed by atoms with Gasteiger partial charge in [-0.25, -0.2) is 14.6 Å². The van der Waals surface area contributed by atoms with Crippen molar-refractivity contribution in [1.82, 2.24) is 19.3 Å². The molecule has 5 rings (SSSR count). The number of aryl methyl sites for hydroxylation is 1. The van der Waals surface area contributed by atoms with E-state index in [0.717, 1.165) is 57.7 Å². The van der Waals surface area contributed by atoms with E-state index in [1.54, 1.807) is 4.68 Å². The fraction of sp³-hybridized carbons (Fsp3) is 0.500. The summed E-state index contributed by atoms with van der Waals surface area (Å²) in [5, 5.41) is 1.10. The van der Waals surface area contributed by atoms with Gasteiger partial charge >= 0.3 is 0 Å². The first-order valence-corrected chi connectivity index (χ1v) is 14.9. The van der Waals surface area contributed by atoms with Crippen LogP contribution in [0.3, 0.4) is 0 Å². The van der Waals surface area contributed by atoms with Crippen LogP contribution in [-0.2, 0) is 13.5 Å². The summed E-state index contributed by atoms with van der Waals surface area (Å²) < 4.78 is 3.63. The standard InChI is InChI=1S/C13H16N2O.C11H13N3.C10H20/c1-4-12-10(2)14(3)15(13(12)16)11-8-6-5-7-9-11;1-8-12-10-7-5-4-6-9(10)11(13-8)14(2)3;1-3-4-10-7-5-9(2)6-8-10/h5-9H,4H2,1-3H3;4-7H,1-3H3;9-10H,3-8H2,1-2H3. The average molecular weight is 544 g/mol. The molecule has 0 N–H and O–H groups in total. The molecule has 1 saturated carbocycles. The van der Waals surface area contributed by atoms with E-state index in [1.165, 1.54) is 38.5 Å². The van der Waals surface area contributed by atoms with Gasteiger partial charge in [-0.15, -0.1) is 0 Å². The molecule has 0 amide bonds. The molecule has 0 saturated heterocycles. The third-order valence-corrected chi connectivity index (χ3v) is 7.98. The van der Waals surface area contributed by atoms with Gasteiger partial charge in [0.25, 0.3) is 5.56 Å². The van der Waals surface area contributed by atoms with Crippen LogP contribution in [0.15, 0.2) is 59.4 Å². The van der Waals surface area contributed by atoms with E-state index in [9.17, 15) is 4.79 Å². The summed E-state index contributed by atoms with van der Waals surface area (Å²) in [6, 6.07) is 17.8. The molecule has 216 valence electrons. The van der Waals surface area contributed by atoms with Crippen LogP contribution in [0, 0.1) is 25.7 Å². The molecule has 1 aliphatic rings. The molecule has 40 heavy (non-hydrogen) atoms. The SMILES string of the molecule is CCCC1CCC(C)CC1.CCc1c(C)n(C)n(-c2ccccc2)c1=O.Cc1nc(N(C)C)c2ccccc2n1. The maximum Gasteiger partial charge on any atom is 0.274 e. The third-order valence-electron chi connectivity index (χ3n) is 7.98. The van der Waals surface area contributed by atoms with Gasteiger partial charge < -0.3 is 4.90 Å². The lowest BCUT2D eigenvalue weighted by molar-refractivity contribution is 0.276. The number of anilines is 1. The Labute approximate surface area is 241 Å². The number of nitrogens with zero attached hydrogens (tertiary/aromatic N) is 5. The fourth-order valence-corrected chi connectivity index (χ4v) is 5.57. The molecular weight excluding hydrogens is 494 g/mol. The first kappa shape index (κ1) is 31.1. The highest BCUT2D eigenvalue weighted by molar-refractivity contribution is 5.89. The Kier molecular flexibility index (Phi) is 11.5. The molecule has 0 radical (unpaired) electrons. The van der Waals surface area contributed by atoms with Gasteiger partial charge in [0.05, 0.1) is 11.2 Å². The van der Waals surface area contributed by atoms with E-state index in [1.807, 2.05) is 106 Å². The molecule has 0 atom stereocenters. The summed E-state index contributed by atoms with van der Waals surface area (Å²) in [6.45, 7) is 10.6. The van der Waals surface area contributed by atoms with Gasteiger partial charge in [0.15, 0.2) is 0 Å². The predicted molar refractivity (Wildman–Crippen MR) is 170 cm³/mol. The highest BCUT2D eigenvalue weighted by atomic mass is 16.1. The minimum atomic E-state index is 0.0914. The molecule has 0 unspecified atom stereocenters. The zero-order valence-corrected chi connectivity index (χ0v) is 25.9. The molecule has 1 aliphatic carbocycles. The summed E-state index contributed by atoms with van der Waals surface area (Å²) in [4.78, 5) is 23.0. The largest absolute Gasteiger partial charge is 0.362 e. The number of para-hydroxylation sites is 2. The van der Waals surface area contributed by atoms with Crippen molar-refractivity contribution in [3.63, 3.8) is 0 Å². The van der Waals surface area contributed by atoms with Crippen LogP contribution in [0.2, 0.25) is 0 Å². The molecule has 4 aromatic rings. The predicted octanol–water partition coefficient (Wildman–Crippen LogP) is 7.66. The van der Waals surface area contributed by atoms with Crippen LogP contribution >= 0.6 is 0 Å². The number of rotatable bonds is 5. The normalized spacial score (nSPS) is 16.5. The van der Waals surface area contributed by atoms with E-state index in [0.29, 0.717) is 0 Å². The smallest absolute Gasteiger partial charge is 0.274 e. The minimum Gasteiger partial charge on any atom is -0.362 e. The van der Waals surface area contributed by atoms with E-state index in [-0.39, 0.29) is 5.56 Å². The topological polar surface area (TPSA) is 56.0 Å². The zero-order chi connectivity index (χ0) is 29.2. The van der Waals surface area contributed by atoms with Crippen molar-refractivity contribution in [2.75, 3.05) is 19.0 Å². The Hall–Kier alpha value is -3.41. The van der Waals surface area contributed by atoms with Crippen LogP contribution in [-0.4, -0.2) is 33.4 Å². The second kappa shape index (κ2) is 14.8. The van der Waals surface area contributed by atoms with Gasteiger partial charge in [-0.1, -0.05) is 89.6 Å². The van der Waals surface area contributed by atoms with Gasteiger partial charge in [-0.2, -0.15) is 0 Å². The van der Waals surface area contributed by atoms with Crippen molar-refractivity contribution in [1.29, 1.82) is 0 Å². The maximum atomic E-state index is 12.2. The highest BCUT2D eigenvalue weighted by Crippen LogP contribution is 2.30. The molecule has 2 aromatic carbocycles. The van der Waals surface area contributed by atoms with Crippen LogP contribution < -0.4 is 10.5 Å². The maximum absolute atomic E-state index is 12.2. The molecule has 0 spiro atoms. The van der Waals surface area contributed by atoms with Crippen molar-refractivity contribution in [3.8, 4) is 5.69 Å². The lowest BCUT2D eigenvalue weighted by Crippen LogP contribution is -2.20. The Balaban J connectivity index is 0.000000170. The summed E-state index contributed by atoms with van der Waals surface area (Å²) in [6.07, 6.45) is 9.64. The lowest BCUT2D eigenvalue weighted by atomic mass is 9.81. The Bertz CT molecular complexity index is 1400. The molecule has 0 bridgehead atoms.